The molecular weight excluding hydrogens is 338 g/mol. The van der Waals surface area contributed by atoms with E-state index in [9.17, 15) is 9.59 Å². The number of carbonyl (C=O) groups is 2. The lowest BCUT2D eigenvalue weighted by Gasteiger charge is -2.09. The van der Waals surface area contributed by atoms with Crippen LogP contribution in [0.1, 0.15) is 46.1 Å². The highest BCUT2D eigenvalue weighted by molar-refractivity contribution is 7.16. The molecule has 2 aromatic rings. The molecular formula is C18H19N3O3S. The summed E-state index contributed by atoms with van der Waals surface area (Å²) in [6, 6.07) is 7.26. The van der Waals surface area contributed by atoms with Crippen molar-refractivity contribution in [1.29, 1.82) is 0 Å². The first kappa shape index (κ1) is 16.1. The van der Waals surface area contributed by atoms with E-state index in [1.807, 2.05) is 0 Å². The zero-order valence-electron chi connectivity index (χ0n) is 13.9. The number of amides is 2. The second-order valence-electron chi connectivity index (χ2n) is 6.38. The number of hydrogen-bond donors (Lipinski definition) is 2. The van der Waals surface area contributed by atoms with Crippen molar-refractivity contribution in [1.82, 2.24) is 10.3 Å². The van der Waals surface area contributed by atoms with E-state index in [4.69, 9.17) is 4.74 Å². The van der Waals surface area contributed by atoms with Gasteiger partial charge in [-0.1, -0.05) is 0 Å². The van der Waals surface area contributed by atoms with Crippen LogP contribution < -0.4 is 15.4 Å². The van der Waals surface area contributed by atoms with Crippen molar-refractivity contribution in [3.63, 3.8) is 0 Å². The number of rotatable bonds is 5. The van der Waals surface area contributed by atoms with Crippen LogP contribution in [0.25, 0.3) is 0 Å². The van der Waals surface area contributed by atoms with Crippen LogP contribution in [0.2, 0.25) is 0 Å². The molecule has 2 aliphatic carbocycles. The maximum absolute atomic E-state index is 12.3. The quantitative estimate of drug-likeness (QED) is 0.862. The van der Waals surface area contributed by atoms with Gasteiger partial charge < -0.3 is 10.1 Å². The highest BCUT2D eigenvalue weighted by Crippen LogP contribution is 2.39. The largest absolute Gasteiger partial charge is 0.497 e. The number of methoxy groups -OCH3 is 1. The van der Waals surface area contributed by atoms with E-state index in [2.05, 4.69) is 15.6 Å². The molecule has 1 aromatic carbocycles. The van der Waals surface area contributed by atoms with E-state index in [0.29, 0.717) is 22.5 Å². The Balaban J connectivity index is 1.45. The molecule has 1 fully saturated rings. The van der Waals surface area contributed by atoms with Gasteiger partial charge in [0, 0.05) is 16.5 Å². The first-order chi connectivity index (χ1) is 12.1. The molecule has 2 aliphatic rings. The van der Waals surface area contributed by atoms with Gasteiger partial charge in [0.15, 0.2) is 5.13 Å². The summed E-state index contributed by atoms with van der Waals surface area (Å²) >= 11 is 1.46. The fourth-order valence-electron chi connectivity index (χ4n) is 2.98. The number of hydrogen-bond acceptors (Lipinski definition) is 5. The van der Waals surface area contributed by atoms with Crippen LogP contribution >= 0.6 is 11.3 Å². The highest BCUT2D eigenvalue weighted by atomic mass is 32.1. The third-order valence-electron chi connectivity index (χ3n) is 4.53. The van der Waals surface area contributed by atoms with Crippen LogP contribution in [0, 0.1) is 0 Å². The van der Waals surface area contributed by atoms with Crippen molar-refractivity contribution in [2.24, 2.45) is 0 Å². The smallest absolute Gasteiger partial charge is 0.257 e. The Morgan fingerprint density at radius 1 is 1.20 bits per heavy atom. The monoisotopic (exact) mass is 357 g/mol. The summed E-state index contributed by atoms with van der Waals surface area (Å²) in [7, 11) is 1.59. The highest BCUT2D eigenvalue weighted by Gasteiger charge is 2.35. The number of carbonyl (C=O) groups excluding carboxylic acids is 2. The van der Waals surface area contributed by atoms with Gasteiger partial charge in [0.25, 0.3) is 5.91 Å². The van der Waals surface area contributed by atoms with Crippen molar-refractivity contribution < 1.29 is 14.3 Å². The lowest BCUT2D eigenvalue weighted by atomic mass is 10.1. The number of anilines is 1. The summed E-state index contributed by atoms with van der Waals surface area (Å²) in [4.78, 5) is 30.3. The Morgan fingerprint density at radius 3 is 2.64 bits per heavy atom. The van der Waals surface area contributed by atoms with Gasteiger partial charge in [0.05, 0.1) is 18.7 Å². The molecule has 0 spiro atoms. The lowest BCUT2D eigenvalue weighted by Crippen LogP contribution is -2.30. The number of fused-ring (bicyclic) bond motifs is 1. The number of nitrogens with zero attached hydrogens (tertiary/aromatic N) is 1. The average molecular weight is 357 g/mol. The van der Waals surface area contributed by atoms with Crippen LogP contribution in [0.15, 0.2) is 24.3 Å². The van der Waals surface area contributed by atoms with Crippen LogP contribution in [-0.4, -0.2) is 29.9 Å². The van der Waals surface area contributed by atoms with Crippen molar-refractivity contribution in [3.8, 4) is 5.75 Å². The number of aromatic nitrogens is 1. The van der Waals surface area contributed by atoms with Crippen molar-refractivity contribution >= 4 is 28.3 Å². The summed E-state index contributed by atoms with van der Waals surface area (Å²) in [5.41, 5.74) is 1.37. The molecule has 0 aliphatic heterocycles. The summed E-state index contributed by atoms with van der Waals surface area (Å²) in [6.45, 7) is 0. The third kappa shape index (κ3) is 3.37. The van der Waals surface area contributed by atoms with Gasteiger partial charge in [-0.25, -0.2) is 4.98 Å². The predicted octanol–water partition coefficient (Wildman–Crippen LogP) is 2.71. The van der Waals surface area contributed by atoms with Gasteiger partial charge >= 0.3 is 0 Å². The molecule has 0 bridgehead atoms. The summed E-state index contributed by atoms with van der Waals surface area (Å²) in [5.74, 6) is 0.376. The minimum absolute atomic E-state index is 0.0691. The van der Waals surface area contributed by atoms with Gasteiger partial charge in [-0.2, -0.15) is 0 Å². The van der Waals surface area contributed by atoms with E-state index in [1.165, 1.54) is 11.3 Å². The maximum Gasteiger partial charge on any atom is 0.257 e. The Labute approximate surface area is 149 Å². The van der Waals surface area contributed by atoms with Gasteiger partial charge in [-0.05, 0) is 49.9 Å². The summed E-state index contributed by atoms with van der Waals surface area (Å²) in [6.07, 6.45) is 3.80. The Bertz CT molecular complexity index is 811. The van der Waals surface area contributed by atoms with Gasteiger partial charge in [-0.3, -0.25) is 14.9 Å². The van der Waals surface area contributed by atoms with Crippen LogP contribution in [0.3, 0.4) is 0 Å². The topological polar surface area (TPSA) is 80.3 Å². The van der Waals surface area contributed by atoms with Crippen molar-refractivity contribution in [2.45, 2.75) is 37.6 Å². The molecule has 130 valence electrons. The first-order valence-electron chi connectivity index (χ1n) is 8.39. The molecule has 1 saturated carbocycles. The van der Waals surface area contributed by atoms with Crippen molar-refractivity contribution in [2.75, 3.05) is 12.4 Å². The molecule has 0 radical (unpaired) electrons. The second kappa shape index (κ2) is 6.48. The average Bonchev–Trinajstić information content (AvgIpc) is 3.20. The number of ether oxygens (including phenoxy) is 1. The van der Waals surface area contributed by atoms with Crippen LogP contribution in [-0.2, 0) is 11.2 Å². The van der Waals surface area contributed by atoms with E-state index in [1.54, 1.807) is 31.4 Å². The fraction of sp³-hybridized carbons (Fsp3) is 0.389. The molecule has 0 saturated heterocycles. The fourth-order valence-corrected chi connectivity index (χ4v) is 4.01. The molecule has 2 amide bonds. The normalized spacial score (nSPS) is 18.5. The Kier molecular flexibility index (Phi) is 4.17. The first-order valence-corrected chi connectivity index (χ1v) is 9.21. The standard InChI is InChI=1S/C18H19N3O3S/c1-24-12-6-2-10(3-7-12)16(22)21-18-20-15-13(8-9-14(15)25-18)17(23)19-11-4-5-11/h2-3,6-7,11,13H,4-5,8-9H2,1H3,(H,19,23)(H,20,21,22)/t13-/m1/s1. The van der Waals surface area contributed by atoms with E-state index >= 15 is 0 Å². The molecule has 7 heteroatoms. The van der Waals surface area contributed by atoms with E-state index in [-0.39, 0.29) is 17.7 Å². The lowest BCUT2D eigenvalue weighted by molar-refractivity contribution is -0.122. The number of benzene rings is 1. The second-order valence-corrected chi connectivity index (χ2v) is 7.47. The number of nitrogens with one attached hydrogen (secondary N) is 2. The van der Waals surface area contributed by atoms with E-state index < -0.39 is 0 Å². The molecule has 0 unspecified atom stereocenters. The Morgan fingerprint density at radius 2 is 1.96 bits per heavy atom. The number of aryl methyl sites for hydroxylation is 1. The predicted molar refractivity (Wildman–Crippen MR) is 95.3 cm³/mol. The zero-order chi connectivity index (χ0) is 17.4. The zero-order valence-corrected chi connectivity index (χ0v) is 14.7. The minimum atomic E-state index is -0.214. The van der Waals surface area contributed by atoms with Gasteiger partial charge in [-0.15, -0.1) is 11.3 Å². The number of thiazole rings is 1. The molecule has 1 aromatic heterocycles. The molecule has 25 heavy (non-hydrogen) atoms. The van der Waals surface area contributed by atoms with Crippen LogP contribution in [0.4, 0.5) is 5.13 Å². The SMILES string of the molecule is COc1ccc(C(=O)Nc2nc3c(s2)CC[C@H]3C(=O)NC2CC2)cc1. The van der Waals surface area contributed by atoms with Gasteiger partial charge in [0.1, 0.15) is 5.75 Å². The molecule has 1 heterocycles. The summed E-state index contributed by atoms with van der Waals surface area (Å²) < 4.78 is 5.09. The summed E-state index contributed by atoms with van der Waals surface area (Å²) in [5, 5.41) is 6.43. The van der Waals surface area contributed by atoms with E-state index in [0.717, 1.165) is 36.3 Å². The molecule has 4 rings (SSSR count). The molecule has 6 nitrogen and oxygen atoms in total. The van der Waals surface area contributed by atoms with Crippen LogP contribution in [0.5, 0.6) is 5.75 Å². The molecule has 1 atom stereocenters. The molecule has 2 N–H and O–H groups in total. The minimum Gasteiger partial charge on any atom is -0.497 e. The maximum atomic E-state index is 12.3. The third-order valence-corrected chi connectivity index (χ3v) is 5.58. The van der Waals surface area contributed by atoms with Crippen molar-refractivity contribution in [3.05, 3.63) is 40.4 Å². The van der Waals surface area contributed by atoms with Gasteiger partial charge in [0.2, 0.25) is 5.91 Å². The Hall–Kier alpha value is -2.41.